The number of unbranched alkanes of at least 4 members (excludes halogenated alkanes) is 4. The van der Waals surface area contributed by atoms with Crippen molar-refractivity contribution in [3.05, 3.63) is 285 Å². The molecule has 5 N–H and O–H groups in total. The van der Waals surface area contributed by atoms with Crippen molar-refractivity contribution in [1.29, 1.82) is 0 Å². The van der Waals surface area contributed by atoms with Crippen molar-refractivity contribution < 1.29 is 92.3 Å². The van der Waals surface area contributed by atoms with Gasteiger partial charge >= 0.3 is 41.8 Å². The molecule has 0 aliphatic carbocycles. The summed E-state index contributed by atoms with van der Waals surface area (Å²) in [5, 5.41) is 42.2. The van der Waals surface area contributed by atoms with E-state index in [4.69, 9.17) is 48.8 Å². The molecule has 19 nitrogen and oxygen atoms in total. The number of ketones is 1. The quantitative estimate of drug-likeness (QED) is 0.0341. The number of esters is 6. The van der Waals surface area contributed by atoms with Crippen LogP contribution in [-0.2, 0) is 34.2 Å². The number of carbonyl (C=O) groups is 8. The van der Waals surface area contributed by atoms with Gasteiger partial charge in [-0.25, -0.2) is 33.6 Å². The minimum Gasteiger partial charge on any atom is -0.478 e. The zero-order chi connectivity index (χ0) is 74.7. The molecular formula is C83H90O19. The van der Waals surface area contributed by atoms with E-state index in [-0.39, 0.29) is 47.3 Å². The molecule has 7 aromatic rings. The van der Waals surface area contributed by atoms with Gasteiger partial charge in [0.2, 0.25) is 5.79 Å². The number of aromatic carboxylic acids is 1. The summed E-state index contributed by atoms with van der Waals surface area (Å²) in [6, 6.07) is 50.3. The number of cyclic esters (lactones) is 6. The minimum absolute atomic E-state index is 0.00125. The van der Waals surface area contributed by atoms with Crippen molar-refractivity contribution in [2.24, 2.45) is 0 Å². The fourth-order valence-corrected chi connectivity index (χ4v) is 10.6. The van der Waals surface area contributed by atoms with Crippen LogP contribution in [0.15, 0.2) is 207 Å². The molecule has 0 aromatic heterocycles. The van der Waals surface area contributed by atoms with Crippen LogP contribution in [0.1, 0.15) is 241 Å². The molecule has 3 atom stereocenters. The molecule has 13 rings (SSSR count). The Morgan fingerprint density at radius 2 is 0.931 bits per heavy atom. The number of ether oxygens (including phenoxy) is 6. The van der Waals surface area contributed by atoms with E-state index in [1.165, 1.54) is 6.07 Å². The SMILES string of the molecule is C/C=C/C=C1\OC(=O)c2ccccc21.C=C1OC(=O)c2ccccc21.CC(O)C/C=C1\OC(=O)c2ccccc21.CCC/C=C1\OC(=O)c2ccccc21.CCCCC(=O)c1ccccc1C(=O)O.CCCCC1(O)OC(=O)c2ccccc21.CCCCC1OC(=O)c2ccccc21.CO.CO. The number of rotatable bonds is 16. The first-order valence-electron chi connectivity index (χ1n) is 33.8. The van der Waals surface area contributed by atoms with Gasteiger partial charge in [0.25, 0.3) is 0 Å². The lowest BCUT2D eigenvalue weighted by Crippen LogP contribution is -2.25. The topological polar surface area (TPSA) is 293 Å². The third-order valence-electron chi connectivity index (χ3n) is 15.7. The minimum atomic E-state index is -1.40. The molecule has 6 aliphatic rings. The summed E-state index contributed by atoms with van der Waals surface area (Å²) in [5.41, 5.74) is 9.23. The lowest BCUT2D eigenvalue weighted by atomic mass is 9.98. The summed E-state index contributed by atoms with van der Waals surface area (Å²) in [5.74, 6) is -1.90. The fourth-order valence-electron chi connectivity index (χ4n) is 10.6. The highest BCUT2D eigenvalue weighted by atomic mass is 16.7. The van der Waals surface area contributed by atoms with Gasteiger partial charge in [-0.1, -0.05) is 200 Å². The van der Waals surface area contributed by atoms with E-state index < -0.39 is 23.8 Å². The molecule has 536 valence electrons. The Bertz CT molecular complexity index is 4140. The highest BCUT2D eigenvalue weighted by molar-refractivity contribution is 6.07. The van der Waals surface area contributed by atoms with Gasteiger partial charge in [-0.15, -0.1) is 0 Å². The first-order valence-corrected chi connectivity index (χ1v) is 33.8. The van der Waals surface area contributed by atoms with Crippen molar-refractivity contribution in [2.75, 3.05) is 14.2 Å². The normalized spacial score (nSPS) is 16.8. The summed E-state index contributed by atoms with van der Waals surface area (Å²) in [4.78, 5) is 90.5. The Morgan fingerprint density at radius 1 is 0.500 bits per heavy atom. The summed E-state index contributed by atoms with van der Waals surface area (Å²) in [6.07, 6.45) is 18.9. The third kappa shape index (κ3) is 22.5. The van der Waals surface area contributed by atoms with Crippen LogP contribution in [0, 0.1) is 0 Å². The van der Waals surface area contributed by atoms with Gasteiger partial charge in [-0.3, -0.25) is 4.79 Å². The van der Waals surface area contributed by atoms with E-state index in [2.05, 4.69) is 20.4 Å². The van der Waals surface area contributed by atoms with Crippen LogP contribution in [0.4, 0.5) is 0 Å². The largest absolute Gasteiger partial charge is 0.478 e. The first kappa shape index (κ1) is 81.7. The fraction of sp³-hybridized carbons (Fsp3) is 0.277. The Labute approximate surface area is 595 Å². The number of carboxylic acids is 1. The number of aliphatic hydroxyl groups is 4. The van der Waals surface area contributed by atoms with Crippen LogP contribution >= 0.6 is 0 Å². The lowest BCUT2D eigenvalue weighted by molar-refractivity contribution is -0.168. The Morgan fingerprint density at radius 3 is 1.43 bits per heavy atom. The molecular weight excluding hydrogens is 1300 g/mol. The van der Waals surface area contributed by atoms with Crippen LogP contribution in [0.2, 0.25) is 0 Å². The van der Waals surface area contributed by atoms with E-state index in [0.717, 1.165) is 105 Å². The number of hydrogen-bond donors (Lipinski definition) is 5. The molecule has 0 saturated heterocycles. The van der Waals surface area contributed by atoms with Gasteiger partial charge < -0.3 is 54.0 Å². The number of benzene rings is 7. The number of fused-ring (bicyclic) bond motifs is 6. The van der Waals surface area contributed by atoms with E-state index >= 15 is 0 Å². The summed E-state index contributed by atoms with van der Waals surface area (Å²) in [6.45, 7) is 15.5. The number of aliphatic hydroxyl groups excluding tert-OH is 3. The molecule has 0 amide bonds. The standard InChI is InChI=1S/C12H12O3.2C12H14O3.C12H14O2.C12H12O2.C12H10O2.C9H6O2.2CH4O/c1-8(13)6-7-11-9-4-2-3-5-10(9)12(14)15-11;1-2-3-8-12(14)10-7-5-4-6-9(10)11(13)15-12;1-2-3-8-11(13)9-6-4-5-7-10(9)12(14)15;3*1-2-3-8-11-9-6-4-5-7-10(9)12(13)14-11;1-6-7-4-2-3-5-8(7)9(10)11-6;2*1-2/h2-5,7-8,13H,6H2,1H3;4-7,14H,2-3,8H2,1H3;4-7H,2-3,8H2,1H3,(H,14,15);4-7,11H,2-3,8H2,1H3;4-8H,2-3H2,1H3;2-8H,1H3;2-5H,1H2;2*2H,1H3/b11-7-;;;;11-8-;3-2+,11-8-;;;. The molecule has 0 spiro atoms. The molecule has 3 unspecified atom stereocenters. The van der Waals surface area contributed by atoms with Crippen molar-refractivity contribution in [3.63, 3.8) is 0 Å². The van der Waals surface area contributed by atoms with Gasteiger partial charge in [0.05, 0.1) is 45.0 Å². The molecule has 0 bridgehead atoms. The molecule has 0 fully saturated rings. The predicted octanol–water partition coefficient (Wildman–Crippen LogP) is 16.8. The van der Waals surface area contributed by atoms with Crippen LogP contribution in [0.5, 0.6) is 0 Å². The molecule has 6 heterocycles. The third-order valence-corrected chi connectivity index (χ3v) is 15.7. The van der Waals surface area contributed by atoms with Crippen LogP contribution < -0.4 is 0 Å². The highest BCUT2D eigenvalue weighted by Gasteiger charge is 2.43. The van der Waals surface area contributed by atoms with Crippen molar-refractivity contribution in [3.8, 4) is 0 Å². The highest BCUT2D eigenvalue weighted by Crippen LogP contribution is 2.39. The number of Topliss-reactive ketones (excluding diaryl/α,β-unsaturated/α-hetero) is 1. The van der Waals surface area contributed by atoms with Crippen molar-refractivity contribution in [1.82, 2.24) is 0 Å². The number of carboxylic acid groups (broad SMARTS) is 1. The zero-order valence-electron chi connectivity index (χ0n) is 58.9. The maximum atomic E-state index is 11.7. The second-order valence-corrected chi connectivity index (χ2v) is 23.1. The maximum Gasteiger partial charge on any atom is 0.344 e. The van der Waals surface area contributed by atoms with Crippen LogP contribution in [-0.4, -0.2) is 93.4 Å². The smallest absolute Gasteiger partial charge is 0.344 e. The molecule has 19 heteroatoms. The van der Waals surface area contributed by atoms with Crippen LogP contribution in [0.3, 0.4) is 0 Å². The first-order chi connectivity index (χ1) is 49.3. The van der Waals surface area contributed by atoms with Crippen molar-refractivity contribution in [2.45, 2.75) is 137 Å². The second kappa shape index (κ2) is 42.2. The molecule has 102 heavy (non-hydrogen) atoms. The van der Waals surface area contributed by atoms with E-state index in [1.807, 2.05) is 124 Å². The summed E-state index contributed by atoms with van der Waals surface area (Å²) in [7, 11) is 2.00. The average Bonchev–Trinajstić information content (AvgIpc) is 1.61. The number of allylic oxidation sites excluding steroid dienone is 4. The average molecular weight is 1390 g/mol. The second-order valence-electron chi connectivity index (χ2n) is 23.1. The summed E-state index contributed by atoms with van der Waals surface area (Å²) < 4.78 is 30.5. The maximum absolute atomic E-state index is 11.7. The van der Waals surface area contributed by atoms with E-state index in [9.17, 15) is 43.5 Å². The Hall–Kier alpha value is -11.0. The molecule has 6 aliphatic heterocycles. The van der Waals surface area contributed by atoms with Gasteiger partial charge in [0, 0.05) is 66.0 Å². The Kier molecular flexibility index (Phi) is 33.8. The molecule has 0 saturated carbocycles. The lowest BCUT2D eigenvalue weighted by Gasteiger charge is -2.21. The van der Waals surface area contributed by atoms with Gasteiger partial charge in [0.1, 0.15) is 29.1 Å². The molecule has 7 aromatic carbocycles. The Balaban J connectivity index is 0.000000213. The number of carbonyl (C=O) groups excluding carboxylic acids is 7. The molecule has 0 radical (unpaired) electrons. The van der Waals surface area contributed by atoms with E-state index in [1.54, 1.807) is 97.9 Å². The van der Waals surface area contributed by atoms with Gasteiger partial charge in [-0.05, 0) is 113 Å². The van der Waals surface area contributed by atoms with Gasteiger partial charge in [0.15, 0.2) is 5.78 Å². The monoisotopic (exact) mass is 1390 g/mol. The predicted molar refractivity (Wildman–Crippen MR) is 389 cm³/mol. The van der Waals surface area contributed by atoms with E-state index in [0.29, 0.717) is 81.2 Å². The van der Waals surface area contributed by atoms with Gasteiger partial charge in [-0.2, -0.15) is 0 Å². The zero-order valence-corrected chi connectivity index (χ0v) is 58.9. The number of hydrogen-bond acceptors (Lipinski definition) is 18. The van der Waals surface area contributed by atoms with Crippen molar-refractivity contribution >= 4 is 70.6 Å². The van der Waals surface area contributed by atoms with Crippen LogP contribution in [0.25, 0.3) is 23.0 Å². The summed E-state index contributed by atoms with van der Waals surface area (Å²) >= 11 is 0.